The number of nitrogens with one attached hydrogen (secondary N) is 1. The summed E-state index contributed by atoms with van der Waals surface area (Å²) in [6, 6.07) is 9.05. The number of rotatable bonds is 6. The number of nitrogens with zero attached hydrogens (tertiary/aromatic N) is 1. The number of halogens is 1. The fourth-order valence-electron chi connectivity index (χ4n) is 2.35. The summed E-state index contributed by atoms with van der Waals surface area (Å²) >= 11 is 6.46. The molecule has 2 heterocycles. The lowest BCUT2D eigenvalue weighted by Crippen LogP contribution is -2.29. The van der Waals surface area contributed by atoms with Crippen molar-refractivity contribution in [1.82, 2.24) is 4.90 Å². The van der Waals surface area contributed by atoms with Crippen LogP contribution in [-0.4, -0.2) is 27.6 Å². The maximum absolute atomic E-state index is 12.8. The smallest absolute Gasteiger partial charge is 0.266 e. The third-order valence-corrected chi connectivity index (χ3v) is 4.98. The molecule has 0 atom stereocenters. The van der Waals surface area contributed by atoms with Crippen molar-refractivity contribution in [2.75, 3.05) is 11.9 Å². The third kappa shape index (κ3) is 4.59. The number of carbonyl (C=O) groups excluding carboxylic acids is 2. The molecule has 0 spiro atoms. The van der Waals surface area contributed by atoms with Gasteiger partial charge < -0.3 is 9.73 Å². The van der Waals surface area contributed by atoms with Gasteiger partial charge in [0.2, 0.25) is 5.91 Å². The molecule has 0 aliphatic carbocycles. The molecule has 8 heteroatoms. The van der Waals surface area contributed by atoms with Gasteiger partial charge in [-0.25, -0.2) is 4.39 Å². The molecule has 2 amide bonds. The number of carbonyl (C=O) groups is 2. The van der Waals surface area contributed by atoms with Crippen molar-refractivity contribution in [3.05, 3.63) is 59.1 Å². The van der Waals surface area contributed by atoms with Crippen LogP contribution >= 0.6 is 24.0 Å². The predicted molar refractivity (Wildman–Crippen MR) is 103 cm³/mol. The van der Waals surface area contributed by atoms with E-state index in [2.05, 4.69) is 5.32 Å². The minimum Gasteiger partial charge on any atom is -0.465 e. The summed E-state index contributed by atoms with van der Waals surface area (Å²) in [5.41, 5.74) is 0.531. The van der Waals surface area contributed by atoms with Crippen LogP contribution in [-0.2, 0) is 9.59 Å². The maximum atomic E-state index is 12.8. The molecule has 1 N–H and O–H groups in total. The summed E-state index contributed by atoms with van der Waals surface area (Å²) in [6.45, 7) is 0.358. The second-order valence-electron chi connectivity index (χ2n) is 5.51. The highest BCUT2D eigenvalue weighted by Gasteiger charge is 2.31. The van der Waals surface area contributed by atoms with Crippen molar-refractivity contribution >= 4 is 51.9 Å². The molecule has 1 aliphatic rings. The quantitative estimate of drug-likeness (QED) is 0.596. The molecule has 1 saturated heterocycles. The normalized spacial score (nSPS) is 15.7. The number of hydrogen-bond donors (Lipinski definition) is 1. The van der Waals surface area contributed by atoms with Crippen molar-refractivity contribution in [2.45, 2.75) is 12.8 Å². The minimum absolute atomic E-state index is 0.185. The largest absolute Gasteiger partial charge is 0.465 e. The molecule has 0 saturated carbocycles. The average molecular weight is 390 g/mol. The van der Waals surface area contributed by atoms with Crippen molar-refractivity contribution in [2.24, 2.45) is 0 Å². The highest BCUT2D eigenvalue weighted by molar-refractivity contribution is 8.26. The van der Waals surface area contributed by atoms with Gasteiger partial charge in [-0.1, -0.05) is 24.0 Å². The molecule has 0 unspecified atom stereocenters. The Morgan fingerprint density at radius 1 is 1.31 bits per heavy atom. The summed E-state index contributed by atoms with van der Waals surface area (Å²) in [5.74, 6) is -0.160. The first-order valence-electron chi connectivity index (χ1n) is 7.87. The molecule has 3 rings (SSSR count). The number of thiocarbonyl (C=S) groups is 1. The lowest BCUT2D eigenvalue weighted by molar-refractivity contribution is -0.122. The zero-order valence-corrected chi connectivity index (χ0v) is 15.2. The molecule has 0 radical (unpaired) electrons. The molecule has 1 fully saturated rings. The van der Waals surface area contributed by atoms with Crippen LogP contribution in [0.15, 0.2) is 52.0 Å². The Morgan fingerprint density at radius 3 is 2.77 bits per heavy atom. The highest BCUT2D eigenvalue weighted by atomic mass is 32.2. The van der Waals surface area contributed by atoms with Crippen LogP contribution < -0.4 is 5.32 Å². The first-order chi connectivity index (χ1) is 12.5. The van der Waals surface area contributed by atoms with E-state index in [9.17, 15) is 14.0 Å². The standard InChI is InChI=1S/C18H15FN2O3S2/c19-12-5-7-13(8-6-12)20-16(22)4-1-9-21-17(23)15(26-18(21)25)11-14-3-2-10-24-14/h2-3,5-8,10-11H,1,4,9H2,(H,20,22)/b15-11-. The Kier molecular flexibility index (Phi) is 5.85. The van der Waals surface area contributed by atoms with Gasteiger partial charge in [-0.2, -0.15) is 0 Å². The predicted octanol–water partition coefficient (Wildman–Crippen LogP) is 4.04. The third-order valence-electron chi connectivity index (χ3n) is 3.60. The van der Waals surface area contributed by atoms with E-state index in [1.807, 2.05) is 0 Å². The summed E-state index contributed by atoms with van der Waals surface area (Å²) in [4.78, 5) is 26.3. The fourth-order valence-corrected chi connectivity index (χ4v) is 3.64. The van der Waals surface area contributed by atoms with Gasteiger partial charge in [0.25, 0.3) is 5.91 Å². The number of benzene rings is 1. The second kappa shape index (κ2) is 8.29. The van der Waals surface area contributed by atoms with E-state index < -0.39 is 0 Å². The maximum Gasteiger partial charge on any atom is 0.266 e. The molecule has 1 aliphatic heterocycles. The second-order valence-corrected chi connectivity index (χ2v) is 7.18. The van der Waals surface area contributed by atoms with Crippen LogP contribution in [0.1, 0.15) is 18.6 Å². The Morgan fingerprint density at radius 2 is 2.08 bits per heavy atom. The van der Waals surface area contributed by atoms with Gasteiger partial charge in [0, 0.05) is 24.7 Å². The molecule has 0 bridgehead atoms. The van der Waals surface area contributed by atoms with Crippen molar-refractivity contribution in [1.29, 1.82) is 0 Å². The van der Waals surface area contributed by atoms with Crippen LogP contribution in [0.25, 0.3) is 6.08 Å². The van der Waals surface area contributed by atoms with Gasteiger partial charge in [0.05, 0.1) is 11.2 Å². The van der Waals surface area contributed by atoms with E-state index in [1.165, 1.54) is 47.2 Å². The van der Waals surface area contributed by atoms with Crippen LogP contribution in [0.2, 0.25) is 0 Å². The van der Waals surface area contributed by atoms with Crippen molar-refractivity contribution < 1.29 is 18.4 Å². The fraction of sp³-hybridized carbons (Fsp3) is 0.167. The van der Waals surface area contributed by atoms with Gasteiger partial charge in [0.1, 0.15) is 15.9 Å². The zero-order chi connectivity index (χ0) is 18.5. The molecule has 5 nitrogen and oxygen atoms in total. The number of anilines is 1. The van der Waals surface area contributed by atoms with E-state index in [0.717, 1.165) is 0 Å². The molecule has 2 aromatic rings. The number of hydrogen-bond acceptors (Lipinski definition) is 5. The summed E-state index contributed by atoms with van der Waals surface area (Å²) in [5, 5.41) is 2.68. The summed E-state index contributed by atoms with van der Waals surface area (Å²) in [6.07, 6.45) is 3.88. The molecule has 134 valence electrons. The van der Waals surface area contributed by atoms with Gasteiger partial charge >= 0.3 is 0 Å². The molecule has 1 aromatic heterocycles. The van der Waals surface area contributed by atoms with E-state index >= 15 is 0 Å². The Bertz CT molecular complexity index is 848. The van der Waals surface area contributed by atoms with E-state index in [1.54, 1.807) is 18.2 Å². The van der Waals surface area contributed by atoms with Gasteiger partial charge in [0.15, 0.2) is 0 Å². The number of thioether (sulfide) groups is 1. The number of amides is 2. The van der Waals surface area contributed by atoms with E-state index in [0.29, 0.717) is 33.6 Å². The van der Waals surface area contributed by atoms with E-state index in [-0.39, 0.29) is 24.1 Å². The average Bonchev–Trinajstić information content (AvgIpc) is 3.21. The van der Waals surface area contributed by atoms with Crippen molar-refractivity contribution in [3.63, 3.8) is 0 Å². The molecule has 1 aromatic carbocycles. The van der Waals surface area contributed by atoms with Crippen molar-refractivity contribution in [3.8, 4) is 0 Å². The summed E-state index contributed by atoms with van der Waals surface area (Å²) < 4.78 is 18.5. The van der Waals surface area contributed by atoms with Gasteiger partial charge in [-0.15, -0.1) is 0 Å². The van der Waals surface area contributed by atoms with Crippen LogP contribution in [0.4, 0.5) is 10.1 Å². The van der Waals surface area contributed by atoms with Gasteiger partial charge in [-0.3, -0.25) is 14.5 Å². The topological polar surface area (TPSA) is 62.6 Å². The first kappa shape index (κ1) is 18.3. The van der Waals surface area contributed by atoms with Crippen LogP contribution in [0, 0.1) is 5.82 Å². The first-order valence-corrected chi connectivity index (χ1v) is 9.10. The Balaban J connectivity index is 1.50. The monoisotopic (exact) mass is 390 g/mol. The summed E-state index contributed by atoms with van der Waals surface area (Å²) in [7, 11) is 0. The van der Waals surface area contributed by atoms with Crippen LogP contribution in [0.5, 0.6) is 0 Å². The van der Waals surface area contributed by atoms with Crippen LogP contribution in [0.3, 0.4) is 0 Å². The lowest BCUT2D eigenvalue weighted by Gasteiger charge is -2.14. The molecule has 26 heavy (non-hydrogen) atoms. The van der Waals surface area contributed by atoms with Gasteiger partial charge in [-0.05, 0) is 42.8 Å². The van der Waals surface area contributed by atoms with E-state index in [4.69, 9.17) is 16.6 Å². The number of furan rings is 1. The Hall–Kier alpha value is -2.45. The highest BCUT2D eigenvalue weighted by Crippen LogP contribution is 2.32. The lowest BCUT2D eigenvalue weighted by atomic mass is 10.2. The minimum atomic E-state index is -0.361. The SMILES string of the molecule is O=C(CCCN1C(=O)/C(=C/c2ccco2)SC1=S)Nc1ccc(F)cc1. The Labute approximate surface area is 159 Å². The zero-order valence-electron chi connectivity index (χ0n) is 13.6. The molecular weight excluding hydrogens is 375 g/mol. The molecular formula is C18H15FN2O3S2.